The molecule has 1 aliphatic rings. The molecule has 2 rings (SSSR count). The summed E-state index contributed by atoms with van der Waals surface area (Å²) in [5, 5.41) is 1.23. The Balaban J connectivity index is 2.14. The number of ether oxygens (including phenoxy) is 1. The average molecular weight is 237 g/mol. The molecule has 0 aliphatic carbocycles. The largest absolute Gasteiger partial charge is 0.423 e. The van der Waals surface area contributed by atoms with Crippen molar-refractivity contribution in [2.45, 2.75) is 6.42 Å². The Kier molecular flexibility index (Phi) is 4.12. The average Bonchev–Trinajstić information content (AvgIpc) is 2.27. The van der Waals surface area contributed by atoms with Crippen LogP contribution in [-0.2, 0) is 20.0 Å². The van der Waals surface area contributed by atoms with Crippen molar-refractivity contribution < 1.29 is 13.6 Å². The molecule has 3 nitrogen and oxygen atoms in total. The van der Waals surface area contributed by atoms with Crippen molar-refractivity contribution >= 4 is 14.5 Å². The van der Waals surface area contributed by atoms with Crippen molar-refractivity contribution in [2.75, 3.05) is 27.4 Å². The van der Waals surface area contributed by atoms with Gasteiger partial charge in [-0.3, -0.25) is 0 Å². The maximum absolute atomic E-state index is 5.41. The van der Waals surface area contributed by atoms with Crippen LogP contribution >= 0.6 is 0 Å². The van der Waals surface area contributed by atoms with Gasteiger partial charge in [0, 0.05) is 20.1 Å². The summed E-state index contributed by atoms with van der Waals surface area (Å²) >= 11 is 0. The van der Waals surface area contributed by atoms with Crippen LogP contribution in [0.5, 0.6) is 0 Å². The van der Waals surface area contributed by atoms with E-state index >= 15 is 0 Å². The molecule has 0 bridgehead atoms. The number of benzene rings is 1. The van der Waals surface area contributed by atoms with Crippen molar-refractivity contribution in [3.05, 3.63) is 29.8 Å². The Hall–Kier alpha value is -0.683. The zero-order valence-corrected chi connectivity index (χ0v) is 10.7. The summed E-state index contributed by atoms with van der Waals surface area (Å²) in [6.07, 6.45) is 1.07. The molecule has 0 aromatic heterocycles. The van der Waals surface area contributed by atoms with Crippen LogP contribution in [0.4, 0.5) is 0 Å². The first-order valence-corrected chi connectivity index (χ1v) is 6.77. The molecule has 1 saturated heterocycles. The topological polar surface area (TPSA) is 27.7 Å². The Bertz CT molecular complexity index is 335. The Labute approximate surface area is 98.2 Å². The van der Waals surface area contributed by atoms with Crippen LogP contribution in [0.15, 0.2) is 24.3 Å². The molecule has 1 heterocycles. The van der Waals surface area contributed by atoms with Crippen molar-refractivity contribution in [3.8, 4) is 0 Å². The second-order valence-corrected chi connectivity index (χ2v) is 5.89. The van der Waals surface area contributed by atoms with Crippen molar-refractivity contribution in [1.29, 1.82) is 0 Å². The van der Waals surface area contributed by atoms with Crippen molar-refractivity contribution in [2.24, 2.45) is 5.92 Å². The van der Waals surface area contributed by atoms with Gasteiger partial charge in [-0.25, -0.2) is 0 Å². The highest BCUT2D eigenvalue weighted by Crippen LogP contribution is 2.16. The normalized spacial score (nSPS) is 16.4. The van der Waals surface area contributed by atoms with Crippen LogP contribution < -0.4 is 5.19 Å². The zero-order chi connectivity index (χ0) is 11.4. The predicted molar refractivity (Wildman–Crippen MR) is 63.9 cm³/mol. The minimum absolute atomic E-state index is 0.665. The van der Waals surface area contributed by atoms with Gasteiger partial charge in [0.05, 0.1) is 13.2 Å². The molecule has 16 heavy (non-hydrogen) atoms. The van der Waals surface area contributed by atoms with E-state index in [-0.39, 0.29) is 0 Å². The lowest BCUT2D eigenvalue weighted by atomic mass is 9.98. The third-order valence-electron chi connectivity index (χ3n) is 2.82. The number of rotatable bonds is 5. The van der Waals surface area contributed by atoms with E-state index in [1.807, 2.05) is 6.07 Å². The van der Waals surface area contributed by atoms with Crippen molar-refractivity contribution in [1.82, 2.24) is 0 Å². The van der Waals surface area contributed by atoms with Gasteiger partial charge in [0.2, 0.25) is 0 Å². The quantitative estimate of drug-likeness (QED) is 0.711. The highest BCUT2D eigenvalue weighted by Gasteiger charge is 2.24. The molecule has 1 aromatic rings. The van der Waals surface area contributed by atoms with Crippen LogP contribution in [-0.4, -0.2) is 36.7 Å². The molecule has 4 heteroatoms. The molecule has 0 spiro atoms. The summed E-state index contributed by atoms with van der Waals surface area (Å²) in [6, 6.07) is 8.38. The molecule has 0 amide bonds. The Morgan fingerprint density at radius 1 is 1.25 bits per heavy atom. The van der Waals surface area contributed by atoms with Gasteiger partial charge in [0.25, 0.3) is 0 Å². The summed E-state index contributed by atoms with van der Waals surface area (Å²) in [5.74, 6) is 0.665. The second-order valence-electron chi connectivity index (χ2n) is 3.96. The van der Waals surface area contributed by atoms with Gasteiger partial charge >= 0.3 is 9.28 Å². The van der Waals surface area contributed by atoms with E-state index in [1.54, 1.807) is 14.2 Å². The van der Waals surface area contributed by atoms with Crippen LogP contribution in [0, 0.1) is 5.92 Å². The molecule has 1 aromatic carbocycles. The maximum Gasteiger partial charge on any atom is 0.423 e. The van der Waals surface area contributed by atoms with Gasteiger partial charge in [0.15, 0.2) is 0 Å². The number of hydrogen-bond acceptors (Lipinski definition) is 3. The number of hydrogen-bond donors (Lipinski definition) is 0. The van der Waals surface area contributed by atoms with E-state index in [0.29, 0.717) is 5.92 Å². The highest BCUT2D eigenvalue weighted by atomic mass is 28.3. The fourth-order valence-electron chi connectivity index (χ4n) is 1.91. The SMILES string of the molecule is CO[Si](OC)c1ccccc1CC1COC1. The summed E-state index contributed by atoms with van der Waals surface area (Å²) < 4.78 is 16.0. The standard InChI is InChI=1S/C12H17O3Si/c1-13-16(14-2)12-6-4-3-5-11(12)7-10-8-15-9-10/h3-6,10H,7-9H2,1-2H3. The van der Waals surface area contributed by atoms with E-state index < -0.39 is 9.28 Å². The minimum atomic E-state index is -1.30. The van der Waals surface area contributed by atoms with Crippen LogP contribution in [0.25, 0.3) is 0 Å². The summed E-state index contributed by atoms with van der Waals surface area (Å²) in [5.41, 5.74) is 1.34. The van der Waals surface area contributed by atoms with E-state index in [9.17, 15) is 0 Å². The van der Waals surface area contributed by atoms with Crippen LogP contribution in [0.2, 0.25) is 0 Å². The molecule has 0 saturated carbocycles. The van der Waals surface area contributed by atoms with E-state index in [4.69, 9.17) is 13.6 Å². The third kappa shape index (κ3) is 2.52. The van der Waals surface area contributed by atoms with Crippen LogP contribution in [0.1, 0.15) is 5.56 Å². The highest BCUT2D eigenvalue weighted by molar-refractivity contribution is 6.61. The molecule has 0 unspecified atom stereocenters. The molecule has 1 fully saturated rings. The minimum Gasteiger partial charge on any atom is -0.393 e. The first kappa shape index (κ1) is 11.8. The molecule has 0 atom stereocenters. The van der Waals surface area contributed by atoms with Gasteiger partial charge in [0.1, 0.15) is 0 Å². The fraction of sp³-hybridized carbons (Fsp3) is 0.500. The van der Waals surface area contributed by atoms with E-state index in [0.717, 1.165) is 19.6 Å². The van der Waals surface area contributed by atoms with Crippen molar-refractivity contribution in [3.63, 3.8) is 0 Å². The molecule has 1 radical (unpaired) electrons. The molecular weight excluding hydrogens is 220 g/mol. The monoisotopic (exact) mass is 237 g/mol. The third-order valence-corrected chi connectivity index (χ3v) is 4.49. The van der Waals surface area contributed by atoms with Gasteiger partial charge in [-0.05, 0) is 17.2 Å². The lowest BCUT2D eigenvalue weighted by Crippen LogP contribution is -2.39. The second kappa shape index (κ2) is 5.59. The first-order valence-electron chi connectivity index (χ1n) is 5.46. The maximum atomic E-state index is 5.41. The molecule has 1 aliphatic heterocycles. The van der Waals surface area contributed by atoms with Gasteiger partial charge in [-0.15, -0.1) is 0 Å². The summed E-state index contributed by atoms with van der Waals surface area (Å²) in [4.78, 5) is 0. The lowest BCUT2D eigenvalue weighted by molar-refractivity contribution is -0.0311. The molecule has 0 N–H and O–H groups in total. The molecule has 87 valence electrons. The first-order chi connectivity index (χ1) is 7.85. The van der Waals surface area contributed by atoms with Gasteiger partial charge in [-0.2, -0.15) is 0 Å². The zero-order valence-electron chi connectivity index (χ0n) is 9.73. The van der Waals surface area contributed by atoms with Crippen LogP contribution in [0.3, 0.4) is 0 Å². The predicted octanol–water partition coefficient (Wildman–Crippen LogP) is 0.863. The smallest absolute Gasteiger partial charge is 0.393 e. The Morgan fingerprint density at radius 2 is 1.94 bits per heavy atom. The van der Waals surface area contributed by atoms with E-state index in [1.165, 1.54) is 10.8 Å². The van der Waals surface area contributed by atoms with Gasteiger partial charge in [-0.1, -0.05) is 24.3 Å². The lowest BCUT2D eigenvalue weighted by Gasteiger charge is -2.27. The summed E-state index contributed by atoms with van der Waals surface area (Å²) in [7, 11) is 2.12. The Morgan fingerprint density at radius 3 is 2.50 bits per heavy atom. The van der Waals surface area contributed by atoms with Gasteiger partial charge < -0.3 is 13.6 Å². The fourth-order valence-corrected chi connectivity index (χ4v) is 3.20. The molecular formula is C12H17O3Si. The summed E-state index contributed by atoms with van der Waals surface area (Å²) in [6.45, 7) is 1.77. The van der Waals surface area contributed by atoms with E-state index in [2.05, 4.69) is 18.2 Å².